The van der Waals surface area contributed by atoms with Crippen molar-refractivity contribution in [3.63, 3.8) is 0 Å². The first-order valence-corrected chi connectivity index (χ1v) is 10.2. The minimum atomic E-state index is -0.546. The number of aromatic nitrogens is 3. The van der Waals surface area contributed by atoms with Crippen LogP contribution >= 0.6 is 0 Å². The van der Waals surface area contributed by atoms with Crippen LogP contribution in [0.15, 0.2) is 59.2 Å². The summed E-state index contributed by atoms with van der Waals surface area (Å²) < 4.78 is 5.42. The molecular formula is C23H19N5O3. The third-order valence-electron chi connectivity index (χ3n) is 6.05. The lowest BCUT2D eigenvalue weighted by Crippen LogP contribution is -2.39. The van der Waals surface area contributed by atoms with Gasteiger partial charge in [-0.3, -0.25) is 19.6 Å². The Morgan fingerprint density at radius 3 is 2.61 bits per heavy atom. The van der Waals surface area contributed by atoms with Crippen molar-refractivity contribution < 1.29 is 9.53 Å². The van der Waals surface area contributed by atoms with Gasteiger partial charge in [0.05, 0.1) is 30.4 Å². The summed E-state index contributed by atoms with van der Waals surface area (Å²) in [4.78, 5) is 40.6. The van der Waals surface area contributed by atoms with Crippen molar-refractivity contribution in [2.75, 3.05) is 36.5 Å². The monoisotopic (exact) mass is 413 g/mol. The van der Waals surface area contributed by atoms with E-state index in [-0.39, 0.29) is 11.3 Å². The highest BCUT2D eigenvalue weighted by Crippen LogP contribution is 2.47. The molecule has 6 rings (SSSR count). The van der Waals surface area contributed by atoms with E-state index in [0.717, 1.165) is 11.1 Å². The summed E-state index contributed by atoms with van der Waals surface area (Å²) in [6.45, 7) is 2.49. The molecule has 0 unspecified atom stereocenters. The third kappa shape index (κ3) is 2.72. The van der Waals surface area contributed by atoms with Gasteiger partial charge in [-0.2, -0.15) is 4.98 Å². The van der Waals surface area contributed by atoms with Gasteiger partial charge >= 0.3 is 0 Å². The van der Waals surface area contributed by atoms with Gasteiger partial charge < -0.3 is 15.0 Å². The number of hydrogen-bond acceptors (Lipinski definition) is 7. The number of Topliss-reactive ketones (excluding diaryl/α,β-unsaturated/α-hetero) is 1. The number of hydrogen-bond donors (Lipinski definition) is 2. The number of rotatable bonds is 2. The first-order valence-electron chi connectivity index (χ1n) is 10.2. The second-order valence-electron chi connectivity index (χ2n) is 7.76. The number of benzene rings is 1. The number of carbonyl (C=O) groups excluding carboxylic acids is 1. The fourth-order valence-electron chi connectivity index (χ4n) is 4.61. The van der Waals surface area contributed by atoms with Crippen LogP contribution in [0, 0.1) is 0 Å². The molecule has 8 nitrogen and oxygen atoms in total. The third-order valence-corrected chi connectivity index (χ3v) is 6.05. The number of aromatic amines is 1. The molecule has 154 valence electrons. The van der Waals surface area contributed by atoms with Crippen molar-refractivity contribution in [1.29, 1.82) is 0 Å². The number of H-pyrrole nitrogens is 1. The summed E-state index contributed by atoms with van der Waals surface area (Å²) in [5.74, 6) is 0.359. The molecule has 3 aliphatic rings. The number of ether oxygens (including phenoxy) is 1. The molecule has 0 bridgehead atoms. The average molecular weight is 413 g/mol. The summed E-state index contributed by atoms with van der Waals surface area (Å²) in [6, 6.07) is 11.2. The maximum Gasteiger partial charge on any atom is 0.258 e. The van der Waals surface area contributed by atoms with E-state index < -0.39 is 5.92 Å². The van der Waals surface area contributed by atoms with Crippen LogP contribution in [0.1, 0.15) is 33.0 Å². The summed E-state index contributed by atoms with van der Waals surface area (Å²) in [5, 5.41) is 3.31. The quantitative estimate of drug-likeness (QED) is 0.664. The van der Waals surface area contributed by atoms with E-state index in [1.165, 1.54) is 0 Å². The lowest BCUT2D eigenvalue weighted by atomic mass is 9.82. The molecule has 3 aromatic rings. The van der Waals surface area contributed by atoms with E-state index in [1.807, 2.05) is 41.3 Å². The topological polar surface area (TPSA) is 100 Å². The van der Waals surface area contributed by atoms with E-state index >= 15 is 0 Å². The molecule has 1 atom stereocenters. The van der Waals surface area contributed by atoms with E-state index in [4.69, 9.17) is 9.72 Å². The molecule has 8 heteroatoms. The number of fused-ring (bicyclic) bond motifs is 3. The molecule has 2 N–H and O–H groups in total. The standard InChI is InChI=1S/C23H19N5O3/c29-20-15-6-2-1-5-14(15)19-17(20)16(13-4-3-7-24-12-13)18-21(25-19)26-23(27-22(18)30)28-8-10-31-11-9-28/h1-7,12,16H,8-11H2,(H2,25,26,27,30)/t16-/m0/s1. The Bertz CT molecular complexity index is 1290. The Hall–Kier alpha value is -3.78. The van der Waals surface area contributed by atoms with Crippen LogP contribution in [0.2, 0.25) is 0 Å². The zero-order valence-electron chi connectivity index (χ0n) is 16.6. The van der Waals surface area contributed by atoms with Crippen molar-refractivity contribution in [2.45, 2.75) is 5.92 Å². The van der Waals surface area contributed by atoms with E-state index in [1.54, 1.807) is 12.4 Å². The normalized spacial score (nSPS) is 19.5. The molecule has 1 saturated heterocycles. The van der Waals surface area contributed by atoms with Crippen molar-refractivity contribution in [3.8, 4) is 0 Å². The van der Waals surface area contributed by atoms with Gasteiger partial charge in [0.25, 0.3) is 5.56 Å². The SMILES string of the molecule is O=C1C2=C(Nc3nc(N4CCOCC4)[nH]c(=O)c3[C@H]2c2cccnc2)c2ccccc21. The van der Waals surface area contributed by atoms with Crippen LogP contribution in [0.3, 0.4) is 0 Å². The van der Waals surface area contributed by atoms with Crippen molar-refractivity contribution in [3.05, 3.63) is 87.0 Å². The largest absolute Gasteiger partial charge is 0.378 e. The number of anilines is 2. The minimum absolute atomic E-state index is 0.0748. The number of morpholine rings is 1. The summed E-state index contributed by atoms with van der Waals surface area (Å²) in [5.41, 5.74) is 3.70. The highest BCUT2D eigenvalue weighted by molar-refractivity contribution is 6.23. The summed E-state index contributed by atoms with van der Waals surface area (Å²) in [6.07, 6.45) is 3.38. The van der Waals surface area contributed by atoms with Gasteiger partial charge in [-0.25, -0.2) is 0 Å². The molecule has 0 amide bonds. The smallest absolute Gasteiger partial charge is 0.258 e. The number of nitrogens with one attached hydrogen (secondary N) is 2. The lowest BCUT2D eigenvalue weighted by Gasteiger charge is -2.30. The Labute approximate surface area is 177 Å². The number of carbonyl (C=O) groups is 1. The molecule has 2 aromatic heterocycles. The highest BCUT2D eigenvalue weighted by Gasteiger charge is 2.42. The van der Waals surface area contributed by atoms with E-state index in [2.05, 4.69) is 15.3 Å². The van der Waals surface area contributed by atoms with E-state index in [0.29, 0.717) is 60.5 Å². The van der Waals surface area contributed by atoms with Crippen molar-refractivity contribution >= 4 is 23.2 Å². The molecule has 1 aromatic carbocycles. The Morgan fingerprint density at radius 2 is 1.84 bits per heavy atom. The van der Waals surface area contributed by atoms with Gasteiger partial charge in [0.15, 0.2) is 5.78 Å². The van der Waals surface area contributed by atoms with Gasteiger partial charge in [0.1, 0.15) is 5.82 Å². The van der Waals surface area contributed by atoms with Gasteiger partial charge in [-0.05, 0) is 11.6 Å². The van der Waals surface area contributed by atoms with Crippen molar-refractivity contribution in [2.24, 2.45) is 0 Å². The van der Waals surface area contributed by atoms with Crippen LogP contribution < -0.4 is 15.8 Å². The minimum Gasteiger partial charge on any atom is -0.378 e. The van der Waals surface area contributed by atoms with E-state index in [9.17, 15) is 9.59 Å². The highest BCUT2D eigenvalue weighted by atomic mass is 16.5. The second-order valence-corrected chi connectivity index (χ2v) is 7.76. The molecule has 31 heavy (non-hydrogen) atoms. The van der Waals surface area contributed by atoms with Crippen LogP contribution in [0.4, 0.5) is 11.8 Å². The van der Waals surface area contributed by atoms with Crippen molar-refractivity contribution in [1.82, 2.24) is 15.0 Å². The zero-order chi connectivity index (χ0) is 20.9. The number of nitrogens with zero attached hydrogens (tertiary/aromatic N) is 3. The maximum atomic E-state index is 13.4. The van der Waals surface area contributed by atoms with Crippen LogP contribution in [-0.4, -0.2) is 47.0 Å². The molecule has 0 saturated carbocycles. The molecule has 0 spiro atoms. The van der Waals surface area contributed by atoms with Gasteiger partial charge in [0.2, 0.25) is 5.95 Å². The number of pyridine rings is 1. The summed E-state index contributed by atoms with van der Waals surface area (Å²) in [7, 11) is 0. The Balaban J connectivity index is 1.57. The molecule has 2 aliphatic heterocycles. The molecule has 1 fully saturated rings. The second kappa shape index (κ2) is 6.88. The number of ketones is 1. The van der Waals surface area contributed by atoms with Gasteiger partial charge in [0, 0.05) is 42.2 Å². The van der Waals surface area contributed by atoms with Gasteiger partial charge in [-0.1, -0.05) is 30.3 Å². The van der Waals surface area contributed by atoms with Crippen LogP contribution in [-0.2, 0) is 4.74 Å². The average Bonchev–Trinajstić information content (AvgIpc) is 3.11. The lowest BCUT2D eigenvalue weighted by molar-refractivity contribution is 0.103. The Morgan fingerprint density at radius 1 is 1.03 bits per heavy atom. The molecular weight excluding hydrogens is 394 g/mol. The fraction of sp³-hybridized carbons (Fsp3) is 0.217. The first-order chi connectivity index (χ1) is 15.2. The predicted octanol–water partition coefficient (Wildman–Crippen LogP) is 2.17. The van der Waals surface area contributed by atoms with Crippen LogP contribution in [0.5, 0.6) is 0 Å². The Kier molecular flexibility index (Phi) is 4.00. The fourth-order valence-corrected chi connectivity index (χ4v) is 4.61. The predicted molar refractivity (Wildman–Crippen MR) is 115 cm³/mol. The first kappa shape index (κ1) is 18.0. The maximum absolute atomic E-state index is 13.4. The zero-order valence-corrected chi connectivity index (χ0v) is 16.6. The molecule has 1 aliphatic carbocycles. The summed E-state index contributed by atoms with van der Waals surface area (Å²) >= 11 is 0. The number of allylic oxidation sites excluding steroid dienone is 1. The van der Waals surface area contributed by atoms with Crippen LogP contribution in [0.25, 0.3) is 5.70 Å². The molecule has 0 radical (unpaired) electrons. The molecule has 4 heterocycles. The van der Waals surface area contributed by atoms with Gasteiger partial charge in [-0.15, -0.1) is 0 Å².